The van der Waals surface area contributed by atoms with Crippen LogP contribution in [-0.4, -0.2) is 35.5 Å². The summed E-state index contributed by atoms with van der Waals surface area (Å²) in [7, 11) is 2.80. The number of hydrogen-bond donors (Lipinski definition) is 2. The lowest BCUT2D eigenvalue weighted by atomic mass is 10.1. The van der Waals surface area contributed by atoms with E-state index in [1.807, 2.05) is 0 Å². The number of halogens is 1. The third kappa shape index (κ3) is 2.48. The second kappa shape index (κ2) is 5.70. The molecule has 106 valence electrons. The van der Waals surface area contributed by atoms with Gasteiger partial charge >= 0.3 is 5.97 Å². The first-order valence-electron chi connectivity index (χ1n) is 5.71. The molecule has 0 atom stereocenters. The quantitative estimate of drug-likeness (QED) is 0.875. The molecule has 1 heterocycles. The number of aromatic carboxylic acids is 1. The van der Waals surface area contributed by atoms with Crippen molar-refractivity contribution in [3.8, 4) is 17.0 Å². The van der Waals surface area contributed by atoms with Crippen LogP contribution >= 0.6 is 0 Å². The SMILES string of the molecule is COCc1ccc(-c2cc(C(=O)O)[nH]n2)c(OC)c1F. The lowest BCUT2D eigenvalue weighted by molar-refractivity contribution is 0.0690. The molecule has 7 heteroatoms. The van der Waals surface area contributed by atoms with Crippen LogP contribution in [0.2, 0.25) is 0 Å². The number of nitrogens with one attached hydrogen (secondary N) is 1. The highest BCUT2D eigenvalue weighted by molar-refractivity contribution is 5.87. The summed E-state index contributed by atoms with van der Waals surface area (Å²) in [4.78, 5) is 10.8. The fourth-order valence-electron chi connectivity index (χ4n) is 1.83. The first-order chi connectivity index (χ1) is 9.58. The van der Waals surface area contributed by atoms with Gasteiger partial charge in [-0.1, -0.05) is 6.07 Å². The van der Waals surface area contributed by atoms with E-state index in [0.717, 1.165) is 0 Å². The first kappa shape index (κ1) is 14.0. The van der Waals surface area contributed by atoms with Crippen LogP contribution in [0.1, 0.15) is 16.1 Å². The maximum Gasteiger partial charge on any atom is 0.353 e. The molecule has 0 radical (unpaired) electrons. The second-order valence-corrected chi connectivity index (χ2v) is 4.02. The summed E-state index contributed by atoms with van der Waals surface area (Å²) in [6.07, 6.45) is 0. The molecule has 6 nitrogen and oxygen atoms in total. The fraction of sp³-hybridized carbons (Fsp3) is 0.231. The van der Waals surface area contributed by atoms with Gasteiger partial charge in [0.2, 0.25) is 0 Å². The summed E-state index contributed by atoms with van der Waals surface area (Å²) < 4.78 is 24.2. The van der Waals surface area contributed by atoms with E-state index < -0.39 is 11.8 Å². The number of ether oxygens (including phenoxy) is 2. The molecule has 0 aliphatic heterocycles. The molecular formula is C13H13FN2O4. The minimum absolute atomic E-state index is 0.00277. The van der Waals surface area contributed by atoms with Gasteiger partial charge in [0.05, 0.1) is 19.4 Å². The van der Waals surface area contributed by atoms with Gasteiger partial charge in [0.15, 0.2) is 11.6 Å². The summed E-state index contributed by atoms with van der Waals surface area (Å²) in [5.74, 6) is -1.69. The molecule has 1 aromatic carbocycles. The van der Waals surface area contributed by atoms with E-state index in [9.17, 15) is 9.18 Å². The number of rotatable bonds is 5. The average molecular weight is 280 g/mol. The fourth-order valence-corrected chi connectivity index (χ4v) is 1.83. The Balaban J connectivity index is 2.50. The summed E-state index contributed by atoms with van der Waals surface area (Å²) in [5.41, 5.74) is 0.932. The number of aromatic amines is 1. The van der Waals surface area contributed by atoms with Crippen molar-refractivity contribution in [2.24, 2.45) is 0 Å². The van der Waals surface area contributed by atoms with Crippen LogP contribution in [0, 0.1) is 5.82 Å². The molecule has 2 rings (SSSR count). The van der Waals surface area contributed by atoms with E-state index in [0.29, 0.717) is 16.8 Å². The normalized spacial score (nSPS) is 10.6. The number of hydrogen-bond acceptors (Lipinski definition) is 4. The zero-order chi connectivity index (χ0) is 14.7. The third-order valence-electron chi connectivity index (χ3n) is 2.77. The lowest BCUT2D eigenvalue weighted by Gasteiger charge is -2.10. The van der Waals surface area contributed by atoms with Crippen molar-refractivity contribution in [1.29, 1.82) is 0 Å². The lowest BCUT2D eigenvalue weighted by Crippen LogP contribution is -1.99. The number of carboxylic acids is 1. The molecule has 0 aliphatic carbocycles. The Morgan fingerprint density at radius 3 is 2.75 bits per heavy atom. The number of carbonyl (C=O) groups is 1. The molecule has 0 aliphatic rings. The smallest absolute Gasteiger partial charge is 0.353 e. The van der Waals surface area contributed by atoms with Crippen molar-refractivity contribution >= 4 is 5.97 Å². The topological polar surface area (TPSA) is 84.4 Å². The molecule has 0 spiro atoms. The molecule has 20 heavy (non-hydrogen) atoms. The second-order valence-electron chi connectivity index (χ2n) is 4.02. The van der Waals surface area contributed by atoms with Crippen LogP contribution < -0.4 is 4.74 Å². The Morgan fingerprint density at radius 2 is 2.20 bits per heavy atom. The molecule has 0 fully saturated rings. The van der Waals surface area contributed by atoms with Gasteiger partial charge in [0, 0.05) is 18.2 Å². The number of H-pyrrole nitrogens is 1. The Bertz CT molecular complexity index is 639. The predicted molar refractivity (Wildman–Crippen MR) is 68.2 cm³/mol. The monoisotopic (exact) mass is 280 g/mol. The van der Waals surface area contributed by atoms with Crippen molar-refractivity contribution in [2.75, 3.05) is 14.2 Å². The van der Waals surface area contributed by atoms with Gasteiger partial charge < -0.3 is 14.6 Å². The maximum atomic E-state index is 14.2. The summed E-state index contributed by atoms with van der Waals surface area (Å²) in [5, 5.41) is 15.1. The number of methoxy groups -OCH3 is 2. The van der Waals surface area contributed by atoms with E-state index in [1.54, 1.807) is 12.1 Å². The van der Waals surface area contributed by atoms with E-state index >= 15 is 0 Å². The van der Waals surface area contributed by atoms with Gasteiger partial charge in [-0.15, -0.1) is 0 Å². The number of nitrogens with zero attached hydrogens (tertiary/aromatic N) is 1. The van der Waals surface area contributed by atoms with Crippen LogP contribution in [0.3, 0.4) is 0 Å². The van der Waals surface area contributed by atoms with Gasteiger partial charge in [-0.05, 0) is 12.1 Å². The van der Waals surface area contributed by atoms with Crippen molar-refractivity contribution < 1.29 is 23.8 Å². The molecule has 0 bridgehead atoms. The Morgan fingerprint density at radius 1 is 1.45 bits per heavy atom. The van der Waals surface area contributed by atoms with Gasteiger partial charge in [0.25, 0.3) is 0 Å². The van der Waals surface area contributed by atoms with Crippen LogP contribution in [-0.2, 0) is 11.3 Å². The Kier molecular flexibility index (Phi) is 3.99. The highest BCUT2D eigenvalue weighted by atomic mass is 19.1. The van der Waals surface area contributed by atoms with Gasteiger partial charge in [0.1, 0.15) is 5.69 Å². The minimum Gasteiger partial charge on any atom is -0.493 e. The third-order valence-corrected chi connectivity index (χ3v) is 2.77. The molecule has 1 aromatic heterocycles. The molecule has 0 amide bonds. The summed E-state index contributed by atoms with van der Waals surface area (Å²) in [6.45, 7) is 0.114. The van der Waals surface area contributed by atoms with E-state index in [1.165, 1.54) is 20.3 Å². The van der Waals surface area contributed by atoms with Gasteiger partial charge in [-0.3, -0.25) is 5.10 Å². The average Bonchev–Trinajstić information content (AvgIpc) is 2.90. The Labute approximate surface area is 114 Å². The molecule has 0 unspecified atom stereocenters. The van der Waals surface area contributed by atoms with Crippen molar-refractivity contribution in [3.63, 3.8) is 0 Å². The molecular weight excluding hydrogens is 267 g/mol. The standard InChI is InChI=1S/C13H13FN2O4/c1-19-6-7-3-4-8(12(20-2)11(7)14)9-5-10(13(17)18)16-15-9/h3-5H,6H2,1-2H3,(H,15,16)(H,17,18). The summed E-state index contributed by atoms with van der Waals surface area (Å²) >= 11 is 0. The highest BCUT2D eigenvalue weighted by Crippen LogP contribution is 2.33. The van der Waals surface area contributed by atoms with Crippen LogP contribution in [0.5, 0.6) is 5.75 Å². The van der Waals surface area contributed by atoms with Gasteiger partial charge in [-0.25, -0.2) is 9.18 Å². The highest BCUT2D eigenvalue weighted by Gasteiger charge is 2.18. The zero-order valence-corrected chi connectivity index (χ0v) is 10.9. The summed E-state index contributed by atoms with van der Waals surface area (Å²) in [6, 6.07) is 4.47. The van der Waals surface area contributed by atoms with Crippen molar-refractivity contribution in [3.05, 3.63) is 35.3 Å². The van der Waals surface area contributed by atoms with E-state index in [4.69, 9.17) is 14.6 Å². The maximum absolute atomic E-state index is 14.2. The first-order valence-corrected chi connectivity index (χ1v) is 5.71. The predicted octanol–water partition coefficient (Wildman–Crippen LogP) is 2.07. The number of benzene rings is 1. The minimum atomic E-state index is -1.14. The molecule has 2 N–H and O–H groups in total. The van der Waals surface area contributed by atoms with Gasteiger partial charge in [-0.2, -0.15) is 5.10 Å². The molecule has 2 aromatic rings. The molecule has 0 saturated heterocycles. The van der Waals surface area contributed by atoms with E-state index in [-0.39, 0.29) is 18.1 Å². The van der Waals surface area contributed by atoms with Crippen molar-refractivity contribution in [2.45, 2.75) is 6.61 Å². The van der Waals surface area contributed by atoms with Crippen molar-refractivity contribution in [1.82, 2.24) is 10.2 Å². The Hall–Kier alpha value is -2.41. The zero-order valence-electron chi connectivity index (χ0n) is 10.9. The largest absolute Gasteiger partial charge is 0.493 e. The molecule has 0 saturated carbocycles. The van der Waals surface area contributed by atoms with Crippen LogP contribution in [0.15, 0.2) is 18.2 Å². The van der Waals surface area contributed by atoms with Crippen LogP contribution in [0.25, 0.3) is 11.3 Å². The van der Waals surface area contributed by atoms with E-state index in [2.05, 4.69) is 10.2 Å². The van der Waals surface area contributed by atoms with Crippen LogP contribution in [0.4, 0.5) is 4.39 Å². The number of carboxylic acid groups (broad SMARTS) is 1. The number of aromatic nitrogens is 2.